The number of anilines is 1. The van der Waals surface area contributed by atoms with Crippen LogP contribution < -0.4 is 27.0 Å². The number of nitrogens with two attached hydrogens (primary N) is 1. The van der Waals surface area contributed by atoms with E-state index >= 15 is 0 Å². The van der Waals surface area contributed by atoms with Gasteiger partial charge in [0.05, 0.1) is 38.9 Å². The number of hydrogen-bond acceptors (Lipinski definition) is 10. The lowest BCUT2D eigenvalue weighted by Crippen LogP contribution is -2.57. The molecule has 0 saturated carbocycles. The fourth-order valence-corrected chi connectivity index (χ4v) is 8.20. The Morgan fingerprint density at radius 2 is 1.66 bits per heavy atom. The summed E-state index contributed by atoms with van der Waals surface area (Å²) in [6, 6.07) is 9.78. The molecule has 15 nitrogen and oxygen atoms in total. The number of rotatable bonds is 18. The van der Waals surface area contributed by atoms with Crippen molar-refractivity contribution < 1.29 is 38.6 Å². The number of aliphatic hydroxyl groups is 1. The van der Waals surface area contributed by atoms with Crippen molar-refractivity contribution in [3.63, 3.8) is 0 Å². The summed E-state index contributed by atoms with van der Waals surface area (Å²) in [5, 5.41) is 22.1. The lowest BCUT2D eigenvalue weighted by molar-refractivity contribution is -0.144. The van der Waals surface area contributed by atoms with Gasteiger partial charge in [-0.25, -0.2) is 9.78 Å². The number of nitrogens with zero attached hydrogens (tertiary/aromatic N) is 2. The largest absolute Gasteiger partial charge is 0.444 e. The Morgan fingerprint density at radius 3 is 2.27 bits per heavy atom. The molecule has 0 spiro atoms. The molecule has 6 amide bonds. The average molecular weight is 897 g/mol. The first-order valence-electron chi connectivity index (χ1n) is 21.0. The normalized spacial score (nSPS) is 16.8. The molecule has 3 aromatic rings. The van der Waals surface area contributed by atoms with E-state index in [9.17, 15) is 33.9 Å². The number of thiazole rings is 1. The molecule has 1 aromatic heterocycles. The van der Waals surface area contributed by atoms with Gasteiger partial charge in [0.1, 0.15) is 23.7 Å². The van der Waals surface area contributed by atoms with Crippen molar-refractivity contribution in [1.82, 2.24) is 25.8 Å². The van der Waals surface area contributed by atoms with Crippen molar-refractivity contribution >= 4 is 64.3 Å². The molecule has 1 aliphatic heterocycles. The number of ether oxygens (including phenoxy) is 1. The van der Waals surface area contributed by atoms with Crippen LogP contribution in [0.2, 0.25) is 5.02 Å². The van der Waals surface area contributed by atoms with Crippen LogP contribution in [0.15, 0.2) is 48.0 Å². The fourth-order valence-electron chi connectivity index (χ4n) is 7.12. The lowest BCUT2D eigenvalue weighted by Gasteiger charge is -2.35. The highest BCUT2D eigenvalue weighted by Gasteiger charge is 2.44. The number of alkyl carbamates (subject to hydrolysis) is 1. The minimum absolute atomic E-state index is 0.0249. The highest BCUT2D eigenvalue weighted by molar-refractivity contribution is 7.13. The smallest absolute Gasteiger partial charge is 0.408 e. The molecule has 7 N–H and O–H groups in total. The lowest BCUT2D eigenvalue weighted by atomic mass is 9.85. The van der Waals surface area contributed by atoms with Gasteiger partial charge in [-0.15, -0.1) is 11.3 Å². The van der Waals surface area contributed by atoms with E-state index < -0.39 is 59.1 Å². The number of hydrogen-bond donors (Lipinski definition) is 6. The van der Waals surface area contributed by atoms with Crippen LogP contribution in [0.4, 0.5) is 10.5 Å². The van der Waals surface area contributed by atoms with Crippen molar-refractivity contribution in [1.29, 1.82) is 0 Å². The Bertz CT molecular complexity index is 2060. The Labute approximate surface area is 373 Å². The van der Waals surface area contributed by atoms with E-state index in [-0.39, 0.29) is 50.1 Å². The highest BCUT2D eigenvalue weighted by Crippen LogP contribution is 2.31. The summed E-state index contributed by atoms with van der Waals surface area (Å²) in [6.45, 7) is 14.4. The Morgan fingerprint density at radius 1 is 0.968 bits per heavy atom. The number of halogens is 1. The maximum absolute atomic E-state index is 14.1. The molecule has 1 aliphatic rings. The highest BCUT2D eigenvalue weighted by atomic mass is 35.5. The first-order chi connectivity index (χ1) is 29.0. The van der Waals surface area contributed by atoms with E-state index in [1.807, 2.05) is 65.0 Å². The topological polar surface area (TPSA) is 222 Å². The van der Waals surface area contributed by atoms with Gasteiger partial charge < -0.3 is 41.7 Å². The third-order valence-corrected chi connectivity index (χ3v) is 11.9. The van der Waals surface area contributed by atoms with Gasteiger partial charge in [-0.2, -0.15) is 0 Å². The summed E-state index contributed by atoms with van der Waals surface area (Å²) in [5.74, 6) is -2.34. The van der Waals surface area contributed by atoms with E-state index in [2.05, 4.69) is 26.3 Å². The number of carbonyl (C=O) groups excluding carboxylic acids is 6. The zero-order valence-corrected chi connectivity index (χ0v) is 38.5. The third-order valence-electron chi connectivity index (χ3n) is 10.4. The van der Waals surface area contributed by atoms with Gasteiger partial charge in [0.2, 0.25) is 29.5 Å². The number of aromatic nitrogens is 1. The van der Waals surface area contributed by atoms with Gasteiger partial charge in [0.25, 0.3) is 0 Å². The summed E-state index contributed by atoms with van der Waals surface area (Å²) in [7, 11) is 0. The van der Waals surface area contributed by atoms with Crippen molar-refractivity contribution in [2.75, 3.05) is 11.9 Å². The van der Waals surface area contributed by atoms with E-state index in [0.717, 1.165) is 27.3 Å². The van der Waals surface area contributed by atoms with Crippen LogP contribution >= 0.6 is 22.9 Å². The van der Waals surface area contributed by atoms with Crippen LogP contribution in [0.1, 0.15) is 116 Å². The molecule has 5 atom stereocenters. The summed E-state index contributed by atoms with van der Waals surface area (Å²) in [6.07, 6.45) is 0.765. The zero-order valence-electron chi connectivity index (χ0n) is 36.9. The number of β-amino-alcohol motifs (C(OH)–C–C–N with tert-alkyl or cyclic N) is 1. The summed E-state index contributed by atoms with van der Waals surface area (Å²) in [4.78, 5) is 84.9. The average Bonchev–Trinajstić information content (AvgIpc) is 3.80. The molecule has 2 heterocycles. The van der Waals surface area contributed by atoms with Gasteiger partial charge in [0.15, 0.2) is 0 Å². The molecule has 0 aliphatic carbocycles. The predicted molar refractivity (Wildman–Crippen MR) is 240 cm³/mol. The molecule has 0 radical (unpaired) electrons. The summed E-state index contributed by atoms with van der Waals surface area (Å²) in [5.41, 5.74) is 9.58. The van der Waals surface area contributed by atoms with Crippen LogP contribution in [0.3, 0.4) is 0 Å². The maximum Gasteiger partial charge on any atom is 0.408 e. The zero-order chi connectivity index (χ0) is 45.9. The number of nitrogens with one attached hydrogen (secondary N) is 4. The summed E-state index contributed by atoms with van der Waals surface area (Å²) >= 11 is 8.26. The van der Waals surface area contributed by atoms with E-state index in [1.165, 1.54) is 4.90 Å². The van der Waals surface area contributed by atoms with Gasteiger partial charge >= 0.3 is 6.09 Å². The van der Waals surface area contributed by atoms with Crippen molar-refractivity contribution in [2.24, 2.45) is 11.1 Å². The van der Waals surface area contributed by atoms with Crippen molar-refractivity contribution in [3.05, 3.63) is 69.8 Å². The third kappa shape index (κ3) is 14.5. The minimum atomic E-state index is -1.11. The number of unbranched alkanes of at least 4 members (excludes halogenated alkanes) is 2. The number of likely N-dealkylation sites (tertiary alicyclic amines) is 1. The number of aliphatic hydroxyl groups excluding tert-OH is 1. The minimum Gasteiger partial charge on any atom is -0.444 e. The maximum atomic E-state index is 14.1. The number of carbonyl (C=O) groups is 6. The van der Waals surface area contributed by atoms with E-state index in [1.54, 1.807) is 49.8 Å². The van der Waals surface area contributed by atoms with Crippen LogP contribution in [0, 0.1) is 12.3 Å². The van der Waals surface area contributed by atoms with Gasteiger partial charge in [-0.1, -0.05) is 75.2 Å². The number of aryl methyl sites for hydroxylation is 2. The second-order valence-corrected chi connectivity index (χ2v) is 19.1. The first-order valence-corrected chi connectivity index (χ1v) is 22.2. The molecule has 62 heavy (non-hydrogen) atoms. The molecule has 1 fully saturated rings. The van der Waals surface area contributed by atoms with Crippen molar-refractivity contribution in [3.8, 4) is 10.4 Å². The number of amides is 6. The molecule has 338 valence electrons. The summed E-state index contributed by atoms with van der Waals surface area (Å²) < 4.78 is 5.27. The standard InChI is InChI=1S/C45H62ClN7O8S/c1-26(28-17-19-30(20-18-28)38-27(2)48-25-62-38)49-41(58)34-23-31(54)24-53(34)42(59)39(44(3,4)5)52-36(56)16-11-9-10-13-29-14-12-15-32(37(29)46)50-40(57)33(21-22-35(47)55)51-43(60)61-45(6,7)8/h12,14-15,17-20,25-26,31,33-34,39,54H,9-11,13,16,21-24H2,1-8H3,(H2,47,55)(H,49,58)(H,50,57)(H,51,60)(H,52,56)/t26-,31+,33-,34-,39+/m0/s1. The fraction of sp³-hybridized carbons (Fsp3) is 0.533. The van der Waals surface area contributed by atoms with E-state index in [4.69, 9.17) is 22.1 Å². The molecule has 4 rings (SSSR count). The molecule has 1 saturated heterocycles. The van der Waals surface area contributed by atoms with Gasteiger partial charge in [0, 0.05) is 25.8 Å². The Kier molecular flexibility index (Phi) is 17.5. The van der Waals surface area contributed by atoms with E-state index in [0.29, 0.717) is 36.4 Å². The SMILES string of the molecule is Cc1ncsc1-c1ccc([C@H](C)NC(=O)[C@@H]2C[C@@H](O)CN2C(=O)[C@@H](NC(=O)CCCCCc2cccc(NC(=O)[C@H](CCC(N)=O)NC(=O)OC(C)(C)C)c2Cl)C(C)(C)C)cc1. The molecular formula is C45H62ClN7O8S. The van der Waals surface area contributed by atoms with Crippen LogP contribution in [-0.2, 0) is 35.1 Å². The predicted octanol–water partition coefficient (Wildman–Crippen LogP) is 6.34. The number of benzene rings is 2. The molecule has 17 heteroatoms. The monoisotopic (exact) mass is 895 g/mol. The number of primary amides is 1. The van der Waals surface area contributed by atoms with Gasteiger partial charge in [-0.3, -0.25) is 24.0 Å². The molecule has 2 aromatic carbocycles. The van der Waals surface area contributed by atoms with Crippen molar-refractivity contribution in [2.45, 2.75) is 143 Å². The molecule has 0 unspecified atom stereocenters. The van der Waals surface area contributed by atoms with Gasteiger partial charge in [-0.05, 0) is 88.5 Å². The molecular weight excluding hydrogens is 834 g/mol. The van der Waals surface area contributed by atoms with Crippen LogP contribution in [0.25, 0.3) is 10.4 Å². The molecule has 0 bridgehead atoms. The van der Waals surface area contributed by atoms with Crippen LogP contribution in [0.5, 0.6) is 0 Å². The second-order valence-electron chi connectivity index (χ2n) is 17.9. The van der Waals surface area contributed by atoms with Crippen LogP contribution in [-0.4, -0.2) is 87.0 Å². The Balaban J connectivity index is 1.29. The quantitative estimate of drug-likeness (QED) is 0.0783. The second kappa shape index (κ2) is 21.8. The Hall–Kier alpha value is -5.06. The first kappa shape index (κ1) is 49.6.